The van der Waals surface area contributed by atoms with Gasteiger partial charge in [-0.05, 0) is 36.4 Å². The zero-order valence-electron chi connectivity index (χ0n) is 17.5. The number of aromatic hydroxyl groups is 2. The average molecular weight is 433 g/mol. The average Bonchev–Trinajstić information content (AvgIpc) is 3.29. The molecule has 33 heavy (non-hydrogen) atoms. The molecular formula is C27H19N3O3. The number of nitrogens with zero attached hydrogens (tertiary/aromatic N) is 3. The summed E-state index contributed by atoms with van der Waals surface area (Å²) >= 11 is 0. The first-order valence-corrected chi connectivity index (χ1v) is 10.4. The van der Waals surface area contributed by atoms with E-state index >= 15 is 0 Å². The molecule has 0 bridgehead atoms. The van der Waals surface area contributed by atoms with Gasteiger partial charge in [-0.25, -0.2) is 9.67 Å². The minimum atomic E-state index is -0.158. The Kier molecular flexibility index (Phi) is 5.16. The first kappa shape index (κ1) is 20.2. The quantitative estimate of drug-likeness (QED) is 0.370. The predicted molar refractivity (Wildman–Crippen MR) is 125 cm³/mol. The van der Waals surface area contributed by atoms with E-state index in [0.717, 1.165) is 0 Å². The third-order valence-electron chi connectivity index (χ3n) is 5.31. The molecule has 0 unspecified atom stereocenters. The van der Waals surface area contributed by atoms with Crippen LogP contribution in [0.1, 0.15) is 15.9 Å². The van der Waals surface area contributed by atoms with Crippen LogP contribution in [0.15, 0.2) is 103 Å². The van der Waals surface area contributed by atoms with E-state index in [0.29, 0.717) is 33.8 Å². The molecule has 0 atom stereocenters. The van der Waals surface area contributed by atoms with Gasteiger partial charge in [0, 0.05) is 11.1 Å². The van der Waals surface area contributed by atoms with Crippen molar-refractivity contribution in [1.82, 2.24) is 14.8 Å². The second-order valence-corrected chi connectivity index (χ2v) is 7.42. The Bertz CT molecular complexity index is 1460. The number of rotatable bonds is 5. The van der Waals surface area contributed by atoms with Crippen LogP contribution in [-0.2, 0) is 0 Å². The second kappa shape index (κ2) is 8.43. The molecule has 0 spiro atoms. The molecule has 5 rings (SSSR count). The highest BCUT2D eigenvalue weighted by Gasteiger charge is 2.22. The highest BCUT2D eigenvalue weighted by atomic mass is 16.3. The monoisotopic (exact) mass is 433 g/mol. The fourth-order valence-electron chi connectivity index (χ4n) is 3.69. The van der Waals surface area contributed by atoms with E-state index in [-0.39, 0.29) is 23.1 Å². The molecule has 5 aromatic rings. The number of para-hydroxylation sites is 3. The Hall–Kier alpha value is -4.71. The second-order valence-electron chi connectivity index (χ2n) is 7.42. The van der Waals surface area contributed by atoms with Gasteiger partial charge < -0.3 is 10.2 Å². The molecule has 6 heteroatoms. The van der Waals surface area contributed by atoms with Gasteiger partial charge in [0.25, 0.3) is 0 Å². The van der Waals surface area contributed by atoms with Gasteiger partial charge in [0.05, 0.1) is 16.8 Å². The molecule has 0 amide bonds. The Labute approximate surface area is 190 Å². The molecule has 1 aromatic heterocycles. The first-order valence-electron chi connectivity index (χ1n) is 10.4. The van der Waals surface area contributed by atoms with Crippen LogP contribution >= 0.6 is 0 Å². The van der Waals surface area contributed by atoms with Gasteiger partial charge in [-0.1, -0.05) is 66.7 Å². The molecule has 0 aliphatic carbocycles. The molecule has 160 valence electrons. The smallest absolute Gasteiger partial charge is 0.195 e. The van der Waals surface area contributed by atoms with E-state index in [2.05, 4.69) is 10.1 Å². The number of carbonyl (C=O) groups is 1. The molecule has 0 aliphatic heterocycles. The van der Waals surface area contributed by atoms with Crippen LogP contribution in [0, 0.1) is 0 Å². The lowest BCUT2D eigenvalue weighted by Gasteiger charge is -2.12. The van der Waals surface area contributed by atoms with Crippen molar-refractivity contribution >= 4 is 5.78 Å². The summed E-state index contributed by atoms with van der Waals surface area (Å²) in [6, 6.07) is 29.7. The van der Waals surface area contributed by atoms with Crippen LogP contribution in [0.25, 0.3) is 28.5 Å². The molecule has 1 heterocycles. The number of hydrogen-bond acceptors (Lipinski definition) is 5. The summed E-state index contributed by atoms with van der Waals surface area (Å²) in [6.45, 7) is 0. The van der Waals surface area contributed by atoms with Crippen LogP contribution in [0.2, 0.25) is 0 Å². The lowest BCUT2D eigenvalue weighted by atomic mass is 10.0. The van der Waals surface area contributed by atoms with Gasteiger partial charge in [-0.2, -0.15) is 0 Å². The molecule has 0 aliphatic rings. The number of aromatic nitrogens is 3. The summed E-state index contributed by atoms with van der Waals surface area (Å²) in [5, 5.41) is 25.5. The van der Waals surface area contributed by atoms with Crippen molar-refractivity contribution in [3.8, 4) is 40.0 Å². The van der Waals surface area contributed by atoms with Crippen molar-refractivity contribution in [2.75, 3.05) is 0 Å². The lowest BCUT2D eigenvalue weighted by molar-refractivity contribution is 0.103. The van der Waals surface area contributed by atoms with Crippen molar-refractivity contribution < 1.29 is 15.0 Å². The number of ketones is 1. The van der Waals surface area contributed by atoms with Gasteiger partial charge in [-0.3, -0.25) is 4.79 Å². The summed E-state index contributed by atoms with van der Waals surface area (Å²) in [7, 11) is 0. The summed E-state index contributed by atoms with van der Waals surface area (Å²) in [5.41, 5.74) is 2.40. The van der Waals surface area contributed by atoms with E-state index < -0.39 is 0 Å². The van der Waals surface area contributed by atoms with Gasteiger partial charge in [0.15, 0.2) is 17.4 Å². The van der Waals surface area contributed by atoms with Crippen molar-refractivity contribution in [2.24, 2.45) is 0 Å². The van der Waals surface area contributed by atoms with Crippen molar-refractivity contribution in [3.05, 3.63) is 114 Å². The van der Waals surface area contributed by atoms with Crippen molar-refractivity contribution in [3.63, 3.8) is 0 Å². The van der Waals surface area contributed by atoms with Crippen LogP contribution in [0.5, 0.6) is 11.5 Å². The Morgan fingerprint density at radius 3 is 1.94 bits per heavy atom. The molecule has 4 aromatic carbocycles. The highest BCUT2D eigenvalue weighted by Crippen LogP contribution is 2.34. The number of hydrogen-bond donors (Lipinski definition) is 2. The maximum Gasteiger partial charge on any atom is 0.195 e. The molecule has 0 saturated heterocycles. The van der Waals surface area contributed by atoms with Gasteiger partial charge >= 0.3 is 0 Å². The van der Waals surface area contributed by atoms with Gasteiger partial charge in [0.2, 0.25) is 0 Å². The van der Waals surface area contributed by atoms with Crippen LogP contribution in [0.4, 0.5) is 0 Å². The number of phenolic OH excluding ortho intramolecular Hbond substituents is 2. The summed E-state index contributed by atoms with van der Waals surface area (Å²) in [6.07, 6.45) is 0. The highest BCUT2D eigenvalue weighted by molar-refractivity contribution is 6.11. The fourth-order valence-corrected chi connectivity index (χ4v) is 3.69. The molecular weight excluding hydrogens is 414 g/mol. The number of phenols is 2. The Morgan fingerprint density at radius 1 is 0.667 bits per heavy atom. The normalized spacial score (nSPS) is 10.8. The van der Waals surface area contributed by atoms with E-state index in [1.165, 1.54) is 4.68 Å². The van der Waals surface area contributed by atoms with E-state index in [1.807, 2.05) is 24.3 Å². The van der Waals surface area contributed by atoms with Gasteiger partial charge in [0.1, 0.15) is 11.5 Å². The fraction of sp³-hybridized carbons (Fsp3) is 0. The molecule has 0 saturated carbocycles. The molecule has 0 radical (unpaired) electrons. The minimum Gasteiger partial charge on any atom is -0.507 e. The van der Waals surface area contributed by atoms with Crippen LogP contribution in [-0.4, -0.2) is 30.8 Å². The van der Waals surface area contributed by atoms with Crippen molar-refractivity contribution in [2.45, 2.75) is 0 Å². The third kappa shape index (κ3) is 3.74. The first-order chi connectivity index (χ1) is 16.1. The molecule has 6 nitrogen and oxygen atoms in total. The van der Waals surface area contributed by atoms with Crippen molar-refractivity contribution in [1.29, 1.82) is 0 Å². The zero-order valence-corrected chi connectivity index (χ0v) is 17.5. The van der Waals surface area contributed by atoms with E-state index in [9.17, 15) is 15.0 Å². The largest absolute Gasteiger partial charge is 0.507 e. The maximum atomic E-state index is 13.3. The lowest BCUT2D eigenvalue weighted by Crippen LogP contribution is -2.09. The summed E-state index contributed by atoms with van der Waals surface area (Å²) < 4.78 is 1.53. The minimum absolute atomic E-state index is 0.0295. The van der Waals surface area contributed by atoms with E-state index in [1.54, 1.807) is 78.9 Å². The number of carbonyl (C=O) groups excluding carboxylic acids is 1. The molecule has 2 N–H and O–H groups in total. The summed E-state index contributed by atoms with van der Waals surface area (Å²) in [5.74, 6) is 0.524. The Morgan fingerprint density at radius 2 is 1.24 bits per heavy atom. The standard InChI is InChI=1S/C27H19N3O3/c31-23-16-8-5-13-20(23)26-28-27(21-14-6-9-17-24(21)32)30(29-26)22-15-7-4-12-19(22)25(33)18-10-2-1-3-11-18/h1-17,31-32H. The Balaban J connectivity index is 1.75. The predicted octanol–water partition coefficient (Wildman–Crippen LogP) is 5.24. The van der Waals surface area contributed by atoms with Crippen LogP contribution < -0.4 is 0 Å². The SMILES string of the molecule is O=C(c1ccccc1)c1ccccc1-n1nc(-c2ccccc2O)nc1-c1ccccc1O. The van der Waals surface area contributed by atoms with Gasteiger partial charge in [-0.15, -0.1) is 5.10 Å². The third-order valence-corrected chi connectivity index (χ3v) is 5.31. The number of benzene rings is 4. The molecule has 0 fully saturated rings. The topological polar surface area (TPSA) is 88.2 Å². The zero-order chi connectivity index (χ0) is 22.8. The van der Waals surface area contributed by atoms with Crippen LogP contribution in [0.3, 0.4) is 0 Å². The van der Waals surface area contributed by atoms with E-state index in [4.69, 9.17) is 0 Å². The summed E-state index contributed by atoms with van der Waals surface area (Å²) in [4.78, 5) is 18.0. The maximum absolute atomic E-state index is 13.3.